The summed E-state index contributed by atoms with van der Waals surface area (Å²) in [6.07, 6.45) is 1.99. The number of phosphoric ester groups is 1. The molecular formula is C12H19O6P. The predicted octanol–water partition coefficient (Wildman–Crippen LogP) is 2.48. The number of unbranched alkanes of at least 4 members (excludes halogenated alkanes) is 1. The Balaban J connectivity index is 2.69. The molecule has 0 aliphatic heterocycles. The van der Waals surface area contributed by atoms with E-state index in [0.717, 1.165) is 12.8 Å². The van der Waals surface area contributed by atoms with Crippen molar-refractivity contribution >= 4 is 7.82 Å². The van der Waals surface area contributed by atoms with Crippen molar-refractivity contribution in [1.82, 2.24) is 0 Å². The van der Waals surface area contributed by atoms with Crippen molar-refractivity contribution in [2.24, 2.45) is 0 Å². The van der Waals surface area contributed by atoms with E-state index >= 15 is 0 Å². The lowest BCUT2D eigenvalue weighted by Gasteiger charge is -2.12. The normalized spacial score (nSPS) is 11.4. The van der Waals surface area contributed by atoms with Crippen molar-refractivity contribution in [3.63, 3.8) is 0 Å². The summed E-state index contributed by atoms with van der Waals surface area (Å²) in [4.78, 5) is 17.3. The van der Waals surface area contributed by atoms with Crippen molar-refractivity contribution in [1.29, 1.82) is 0 Å². The van der Waals surface area contributed by atoms with Gasteiger partial charge < -0.3 is 19.3 Å². The molecule has 0 spiro atoms. The van der Waals surface area contributed by atoms with Gasteiger partial charge in [0.2, 0.25) is 0 Å². The van der Waals surface area contributed by atoms with Crippen LogP contribution in [0.15, 0.2) is 18.2 Å². The van der Waals surface area contributed by atoms with E-state index in [1.165, 1.54) is 7.11 Å². The zero-order chi connectivity index (χ0) is 14.3. The second-order valence-corrected chi connectivity index (χ2v) is 5.19. The summed E-state index contributed by atoms with van der Waals surface area (Å²) in [5.74, 6) is 1.12. The molecule has 1 aromatic carbocycles. The SMILES string of the molecule is CCCCOc1ccc(COP(=O)(O)O)cc1OC. The fraction of sp³-hybridized carbons (Fsp3) is 0.500. The van der Waals surface area contributed by atoms with E-state index in [2.05, 4.69) is 11.4 Å². The lowest BCUT2D eigenvalue weighted by Crippen LogP contribution is -2.00. The monoisotopic (exact) mass is 290 g/mol. The van der Waals surface area contributed by atoms with Crippen LogP contribution in [-0.2, 0) is 15.7 Å². The molecule has 0 aliphatic carbocycles. The van der Waals surface area contributed by atoms with Crippen LogP contribution in [0.3, 0.4) is 0 Å². The molecule has 0 amide bonds. The van der Waals surface area contributed by atoms with Crippen LogP contribution in [-0.4, -0.2) is 23.5 Å². The highest BCUT2D eigenvalue weighted by molar-refractivity contribution is 7.46. The molecule has 0 aromatic heterocycles. The Bertz CT molecular complexity index is 442. The summed E-state index contributed by atoms with van der Waals surface area (Å²) < 4.78 is 25.8. The molecule has 0 atom stereocenters. The summed E-state index contributed by atoms with van der Waals surface area (Å²) in [7, 11) is -2.95. The van der Waals surface area contributed by atoms with Crippen LogP contribution in [0.5, 0.6) is 11.5 Å². The van der Waals surface area contributed by atoms with E-state index in [1.807, 2.05) is 0 Å². The molecule has 1 rings (SSSR count). The Labute approximate surface area is 112 Å². The zero-order valence-electron chi connectivity index (χ0n) is 11.0. The predicted molar refractivity (Wildman–Crippen MR) is 70.2 cm³/mol. The van der Waals surface area contributed by atoms with Gasteiger partial charge in [0.15, 0.2) is 11.5 Å². The lowest BCUT2D eigenvalue weighted by molar-refractivity contribution is 0.188. The van der Waals surface area contributed by atoms with Gasteiger partial charge in [0.25, 0.3) is 0 Å². The Morgan fingerprint density at radius 3 is 2.58 bits per heavy atom. The average molecular weight is 290 g/mol. The highest BCUT2D eigenvalue weighted by Gasteiger charge is 2.14. The largest absolute Gasteiger partial charge is 0.493 e. The second kappa shape index (κ2) is 7.50. The minimum atomic E-state index is -4.46. The topological polar surface area (TPSA) is 85.2 Å². The van der Waals surface area contributed by atoms with Crippen molar-refractivity contribution < 1.29 is 28.3 Å². The third-order valence-corrected chi connectivity index (χ3v) is 2.85. The Morgan fingerprint density at radius 2 is 2.00 bits per heavy atom. The smallest absolute Gasteiger partial charge is 0.469 e. The molecule has 0 radical (unpaired) electrons. The van der Waals surface area contributed by atoms with E-state index in [-0.39, 0.29) is 6.61 Å². The van der Waals surface area contributed by atoms with Gasteiger partial charge >= 0.3 is 7.82 Å². The van der Waals surface area contributed by atoms with Crippen molar-refractivity contribution in [2.75, 3.05) is 13.7 Å². The lowest BCUT2D eigenvalue weighted by atomic mass is 10.2. The van der Waals surface area contributed by atoms with Crippen LogP contribution in [0.4, 0.5) is 0 Å². The first kappa shape index (κ1) is 16.0. The molecule has 0 aliphatic rings. The summed E-state index contributed by atoms with van der Waals surface area (Å²) >= 11 is 0. The van der Waals surface area contributed by atoms with Crippen molar-refractivity contribution in [3.05, 3.63) is 23.8 Å². The Morgan fingerprint density at radius 1 is 1.26 bits per heavy atom. The Kier molecular flexibility index (Phi) is 6.31. The standard InChI is InChI=1S/C12H19O6P/c1-3-4-7-17-11-6-5-10(8-12(11)16-2)9-18-19(13,14)15/h5-6,8H,3-4,7,9H2,1-2H3,(H2,13,14,15). The van der Waals surface area contributed by atoms with Gasteiger partial charge in [-0.2, -0.15) is 0 Å². The third-order valence-electron chi connectivity index (χ3n) is 2.38. The van der Waals surface area contributed by atoms with Gasteiger partial charge in [0.1, 0.15) is 0 Å². The van der Waals surface area contributed by atoms with Gasteiger partial charge in [-0.15, -0.1) is 0 Å². The summed E-state index contributed by atoms with van der Waals surface area (Å²) in [5, 5.41) is 0. The Hall–Kier alpha value is -1.07. The fourth-order valence-corrected chi connectivity index (χ4v) is 1.72. The highest BCUT2D eigenvalue weighted by Crippen LogP contribution is 2.37. The highest BCUT2D eigenvalue weighted by atomic mass is 31.2. The van der Waals surface area contributed by atoms with Gasteiger partial charge in [-0.1, -0.05) is 19.4 Å². The van der Waals surface area contributed by atoms with Crippen LogP contribution in [0.2, 0.25) is 0 Å². The molecule has 108 valence electrons. The van der Waals surface area contributed by atoms with Crippen LogP contribution < -0.4 is 9.47 Å². The number of phosphoric acid groups is 1. The fourth-order valence-electron chi connectivity index (χ4n) is 1.41. The maximum Gasteiger partial charge on any atom is 0.469 e. The average Bonchev–Trinajstić information content (AvgIpc) is 2.36. The van der Waals surface area contributed by atoms with Gasteiger partial charge in [0, 0.05) is 0 Å². The first-order valence-electron chi connectivity index (χ1n) is 5.96. The summed E-state index contributed by atoms with van der Waals surface area (Å²) in [5.41, 5.74) is 0.600. The van der Waals surface area contributed by atoms with Gasteiger partial charge in [-0.3, -0.25) is 4.52 Å². The van der Waals surface area contributed by atoms with E-state index < -0.39 is 7.82 Å². The van der Waals surface area contributed by atoms with Crippen LogP contribution >= 0.6 is 7.82 Å². The summed E-state index contributed by atoms with van der Waals surface area (Å²) in [6.45, 7) is 2.49. The molecule has 7 heteroatoms. The second-order valence-electron chi connectivity index (χ2n) is 3.95. The molecule has 0 saturated carbocycles. The molecule has 1 aromatic rings. The molecule has 0 saturated heterocycles. The maximum atomic E-state index is 10.6. The molecule has 19 heavy (non-hydrogen) atoms. The number of rotatable bonds is 8. The van der Waals surface area contributed by atoms with Gasteiger partial charge in [0.05, 0.1) is 20.3 Å². The molecule has 0 fully saturated rings. The van der Waals surface area contributed by atoms with Crippen LogP contribution in [0.25, 0.3) is 0 Å². The van der Waals surface area contributed by atoms with E-state index in [9.17, 15) is 4.57 Å². The molecule has 0 unspecified atom stereocenters. The first-order chi connectivity index (χ1) is 8.96. The minimum absolute atomic E-state index is 0.185. The number of hydrogen-bond donors (Lipinski definition) is 2. The molecule has 2 N–H and O–H groups in total. The van der Waals surface area contributed by atoms with Crippen LogP contribution in [0, 0.1) is 0 Å². The van der Waals surface area contributed by atoms with E-state index in [0.29, 0.717) is 23.7 Å². The molecule has 0 heterocycles. The van der Waals surface area contributed by atoms with Crippen molar-refractivity contribution in [3.8, 4) is 11.5 Å². The van der Waals surface area contributed by atoms with Crippen molar-refractivity contribution in [2.45, 2.75) is 26.4 Å². The zero-order valence-corrected chi connectivity index (χ0v) is 11.9. The van der Waals surface area contributed by atoms with Gasteiger partial charge in [-0.05, 0) is 24.1 Å². The minimum Gasteiger partial charge on any atom is -0.493 e. The molecular weight excluding hydrogens is 271 g/mol. The molecule has 0 bridgehead atoms. The number of methoxy groups -OCH3 is 1. The van der Waals surface area contributed by atoms with E-state index in [1.54, 1.807) is 18.2 Å². The third kappa shape index (κ3) is 6.07. The van der Waals surface area contributed by atoms with Crippen LogP contribution in [0.1, 0.15) is 25.3 Å². The number of hydrogen-bond acceptors (Lipinski definition) is 4. The van der Waals surface area contributed by atoms with Gasteiger partial charge in [-0.25, -0.2) is 4.57 Å². The summed E-state index contributed by atoms with van der Waals surface area (Å²) in [6, 6.07) is 5.02. The quantitative estimate of drug-likeness (QED) is 0.565. The first-order valence-corrected chi connectivity index (χ1v) is 7.49. The molecule has 6 nitrogen and oxygen atoms in total. The number of benzene rings is 1. The maximum absolute atomic E-state index is 10.6. The van der Waals surface area contributed by atoms with E-state index in [4.69, 9.17) is 19.3 Å². The number of ether oxygens (including phenoxy) is 2.